The van der Waals surface area contributed by atoms with Crippen LogP contribution in [0.15, 0.2) is 40.9 Å². The number of halogens is 2. The topological polar surface area (TPSA) is 24.1 Å². The molecule has 0 saturated heterocycles. The smallest absolute Gasteiger partial charge is 0.171 e. The number of rotatable bonds is 3. The lowest BCUT2D eigenvalue weighted by Crippen LogP contribution is -2.31. The Hall–Kier alpha value is -1.10. The van der Waals surface area contributed by atoms with Gasteiger partial charge in [0.2, 0.25) is 0 Å². The molecule has 1 atom stereocenters. The van der Waals surface area contributed by atoms with Crippen LogP contribution in [-0.2, 0) is 0 Å². The zero-order valence-electron chi connectivity index (χ0n) is 12.7. The second-order valence-electron chi connectivity index (χ2n) is 5.28. The average molecular weight is 398 g/mol. The van der Waals surface area contributed by atoms with Crippen LogP contribution in [0, 0.1) is 13.8 Å². The van der Waals surface area contributed by atoms with E-state index in [4.69, 9.17) is 23.8 Å². The standard InChI is InChI=1S/C17H18BrClN2S/c1-10-8-11(2)16(15(19)9-10)21-17(22)20-12(3)13-6-4-5-7-14(13)18/h4-9,12H,1-3H3,(H2,20,21,22)/t12-/m1/s1. The van der Waals surface area contributed by atoms with E-state index < -0.39 is 0 Å². The molecule has 0 unspecified atom stereocenters. The Morgan fingerprint density at radius 1 is 1.23 bits per heavy atom. The molecule has 2 N–H and O–H groups in total. The van der Waals surface area contributed by atoms with Gasteiger partial charge in [0.05, 0.1) is 16.8 Å². The van der Waals surface area contributed by atoms with E-state index >= 15 is 0 Å². The van der Waals surface area contributed by atoms with Gasteiger partial charge in [0.15, 0.2) is 5.11 Å². The minimum Gasteiger partial charge on any atom is -0.356 e. The summed E-state index contributed by atoms with van der Waals surface area (Å²) >= 11 is 15.3. The molecular weight excluding hydrogens is 380 g/mol. The van der Waals surface area contributed by atoms with Gasteiger partial charge in [-0.1, -0.05) is 51.8 Å². The second-order valence-corrected chi connectivity index (χ2v) is 6.95. The van der Waals surface area contributed by atoms with Gasteiger partial charge < -0.3 is 10.6 Å². The lowest BCUT2D eigenvalue weighted by Gasteiger charge is -2.20. The minimum atomic E-state index is 0.0834. The Bertz CT molecular complexity index is 680. The number of hydrogen-bond donors (Lipinski definition) is 2. The average Bonchev–Trinajstić information content (AvgIpc) is 2.43. The first-order valence-corrected chi connectivity index (χ1v) is 8.55. The first-order chi connectivity index (χ1) is 10.4. The predicted molar refractivity (Wildman–Crippen MR) is 103 cm³/mol. The molecule has 22 heavy (non-hydrogen) atoms. The predicted octanol–water partition coefficient (Wildman–Crippen LogP) is 5.77. The van der Waals surface area contributed by atoms with E-state index in [9.17, 15) is 0 Å². The molecule has 2 aromatic carbocycles. The summed E-state index contributed by atoms with van der Waals surface area (Å²) in [4.78, 5) is 0. The van der Waals surface area contributed by atoms with Crippen molar-refractivity contribution in [1.82, 2.24) is 5.32 Å². The molecule has 0 heterocycles. The SMILES string of the molecule is Cc1cc(C)c(NC(=S)N[C@H](C)c2ccccc2Br)c(Cl)c1. The van der Waals surface area contributed by atoms with Crippen LogP contribution >= 0.6 is 39.7 Å². The van der Waals surface area contributed by atoms with Crippen LogP contribution < -0.4 is 10.6 Å². The summed E-state index contributed by atoms with van der Waals surface area (Å²) in [5.41, 5.74) is 4.21. The van der Waals surface area contributed by atoms with Gasteiger partial charge >= 0.3 is 0 Å². The number of benzene rings is 2. The molecule has 116 valence electrons. The second kappa shape index (κ2) is 7.44. The monoisotopic (exact) mass is 396 g/mol. The van der Waals surface area contributed by atoms with E-state index in [0.717, 1.165) is 26.9 Å². The van der Waals surface area contributed by atoms with E-state index in [1.165, 1.54) is 0 Å². The number of nitrogens with one attached hydrogen (secondary N) is 2. The number of hydrogen-bond acceptors (Lipinski definition) is 1. The summed E-state index contributed by atoms with van der Waals surface area (Å²) in [5, 5.41) is 7.71. The fraction of sp³-hybridized carbons (Fsp3) is 0.235. The molecule has 0 radical (unpaired) electrons. The minimum absolute atomic E-state index is 0.0834. The molecule has 0 fully saturated rings. The Balaban J connectivity index is 2.09. The summed E-state index contributed by atoms with van der Waals surface area (Å²) in [7, 11) is 0. The quantitative estimate of drug-likeness (QED) is 0.643. The summed E-state index contributed by atoms with van der Waals surface area (Å²) < 4.78 is 1.06. The van der Waals surface area contributed by atoms with Crippen LogP contribution in [-0.4, -0.2) is 5.11 Å². The van der Waals surface area contributed by atoms with Gasteiger partial charge in [-0.15, -0.1) is 0 Å². The van der Waals surface area contributed by atoms with Crippen LogP contribution in [0.1, 0.15) is 29.7 Å². The van der Waals surface area contributed by atoms with Gasteiger partial charge in [0.1, 0.15) is 0 Å². The van der Waals surface area contributed by atoms with E-state index in [2.05, 4.69) is 45.6 Å². The fourth-order valence-electron chi connectivity index (χ4n) is 2.32. The highest BCUT2D eigenvalue weighted by atomic mass is 79.9. The zero-order valence-corrected chi connectivity index (χ0v) is 15.9. The number of thiocarbonyl (C=S) groups is 1. The number of anilines is 1. The Labute approximate surface area is 150 Å². The molecule has 5 heteroatoms. The molecule has 2 rings (SSSR count). The third-order valence-electron chi connectivity index (χ3n) is 3.39. The largest absolute Gasteiger partial charge is 0.356 e. The van der Waals surface area contributed by atoms with Crippen molar-refractivity contribution in [3.05, 3.63) is 62.6 Å². The molecule has 0 aliphatic heterocycles. The van der Waals surface area contributed by atoms with Gasteiger partial charge in [-0.3, -0.25) is 0 Å². The van der Waals surface area contributed by atoms with E-state index in [0.29, 0.717) is 10.1 Å². The molecule has 2 nitrogen and oxygen atoms in total. The van der Waals surface area contributed by atoms with Gasteiger partial charge in [-0.2, -0.15) is 0 Å². The molecule has 0 aliphatic rings. The molecular formula is C17H18BrClN2S. The van der Waals surface area contributed by atoms with Crippen molar-refractivity contribution in [1.29, 1.82) is 0 Å². The van der Waals surface area contributed by atoms with E-state index in [1.807, 2.05) is 38.1 Å². The van der Waals surface area contributed by atoms with Crippen LogP contribution in [0.4, 0.5) is 5.69 Å². The molecule has 0 bridgehead atoms. The molecule has 0 amide bonds. The molecule has 0 aliphatic carbocycles. The van der Waals surface area contributed by atoms with Crippen LogP contribution in [0.3, 0.4) is 0 Å². The molecule has 2 aromatic rings. The summed E-state index contributed by atoms with van der Waals surface area (Å²) in [5.74, 6) is 0. The fourth-order valence-corrected chi connectivity index (χ4v) is 3.60. The van der Waals surface area contributed by atoms with Crippen molar-refractivity contribution in [2.45, 2.75) is 26.8 Å². The third kappa shape index (κ3) is 4.22. The highest BCUT2D eigenvalue weighted by Gasteiger charge is 2.12. The first kappa shape index (κ1) is 17.3. The maximum absolute atomic E-state index is 6.30. The van der Waals surface area contributed by atoms with Crippen LogP contribution in [0.5, 0.6) is 0 Å². The van der Waals surface area contributed by atoms with Crippen LogP contribution in [0.2, 0.25) is 5.02 Å². The van der Waals surface area contributed by atoms with E-state index in [-0.39, 0.29) is 6.04 Å². The first-order valence-electron chi connectivity index (χ1n) is 6.97. The van der Waals surface area contributed by atoms with Gasteiger partial charge in [-0.05, 0) is 61.8 Å². The van der Waals surface area contributed by atoms with Crippen molar-refractivity contribution >= 4 is 50.5 Å². The normalized spacial score (nSPS) is 11.9. The van der Waals surface area contributed by atoms with Gasteiger partial charge in [0.25, 0.3) is 0 Å². The van der Waals surface area contributed by atoms with Crippen molar-refractivity contribution in [2.75, 3.05) is 5.32 Å². The maximum Gasteiger partial charge on any atom is 0.171 e. The third-order valence-corrected chi connectivity index (χ3v) is 4.63. The van der Waals surface area contributed by atoms with E-state index in [1.54, 1.807) is 0 Å². The Morgan fingerprint density at radius 3 is 2.55 bits per heavy atom. The highest BCUT2D eigenvalue weighted by molar-refractivity contribution is 9.10. The summed E-state index contributed by atoms with van der Waals surface area (Å²) in [6, 6.07) is 12.2. The van der Waals surface area contributed by atoms with Gasteiger partial charge in [0, 0.05) is 4.47 Å². The molecule has 0 spiro atoms. The summed E-state index contributed by atoms with van der Waals surface area (Å²) in [6.07, 6.45) is 0. The molecule has 0 aromatic heterocycles. The lowest BCUT2D eigenvalue weighted by atomic mass is 10.1. The zero-order chi connectivity index (χ0) is 16.3. The maximum atomic E-state index is 6.30. The van der Waals surface area contributed by atoms with Crippen molar-refractivity contribution in [2.24, 2.45) is 0 Å². The molecule has 0 saturated carbocycles. The Morgan fingerprint density at radius 2 is 1.91 bits per heavy atom. The Kier molecular flexibility index (Phi) is 5.84. The lowest BCUT2D eigenvalue weighted by molar-refractivity contribution is 0.719. The van der Waals surface area contributed by atoms with Crippen molar-refractivity contribution in [3.63, 3.8) is 0 Å². The van der Waals surface area contributed by atoms with Gasteiger partial charge in [-0.25, -0.2) is 0 Å². The number of aryl methyl sites for hydroxylation is 2. The van der Waals surface area contributed by atoms with Crippen LogP contribution in [0.25, 0.3) is 0 Å². The highest BCUT2D eigenvalue weighted by Crippen LogP contribution is 2.28. The van der Waals surface area contributed by atoms with Crippen molar-refractivity contribution < 1.29 is 0 Å². The van der Waals surface area contributed by atoms with Crippen molar-refractivity contribution in [3.8, 4) is 0 Å². The summed E-state index contributed by atoms with van der Waals surface area (Å²) in [6.45, 7) is 6.10.